The van der Waals surface area contributed by atoms with E-state index in [1.165, 1.54) is 0 Å². The van der Waals surface area contributed by atoms with E-state index in [0.29, 0.717) is 6.54 Å². The number of carbonyl (C=O) groups excluding carboxylic acids is 1. The lowest BCUT2D eigenvalue weighted by molar-refractivity contribution is -0.139. The topological polar surface area (TPSA) is 78.9 Å². The molecule has 6 heteroatoms. The van der Waals surface area contributed by atoms with Gasteiger partial charge in [0.05, 0.1) is 12.7 Å². The minimum atomic E-state index is -0.882. The normalized spacial score (nSPS) is 21.4. The van der Waals surface area contributed by atoms with E-state index >= 15 is 0 Å². The lowest BCUT2D eigenvalue weighted by Crippen LogP contribution is -2.53. The largest absolute Gasteiger partial charge is 0.480 e. The first kappa shape index (κ1) is 14.8. The maximum atomic E-state index is 11.7. The van der Waals surface area contributed by atoms with Crippen LogP contribution in [-0.4, -0.2) is 46.9 Å². The van der Waals surface area contributed by atoms with Crippen molar-refractivity contribution in [3.05, 3.63) is 0 Å². The molecule has 0 unspecified atom stereocenters. The summed E-state index contributed by atoms with van der Waals surface area (Å²) in [5.74, 6) is -0.882. The Kier molecular flexibility index (Phi) is 4.95. The Morgan fingerprint density at radius 3 is 2.61 bits per heavy atom. The van der Waals surface area contributed by atoms with Gasteiger partial charge in [0.1, 0.15) is 5.60 Å². The molecular formula is C12H22N2O4. The van der Waals surface area contributed by atoms with Crippen LogP contribution in [0.25, 0.3) is 0 Å². The van der Waals surface area contributed by atoms with E-state index in [1.54, 1.807) is 25.7 Å². The van der Waals surface area contributed by atoms with E-state index in [-0.39, 0.29) is 12.7 Å². The number of aliphatic carboxylic acids is 1. The number of likely N-dealkylation sites (tertiary alicyclic amines) is 1. The second-order valence-electron chi connectivity index (χ2n) is 5.52. The molecule has 1 fully saturated rings. The number of rotatable bonds is 3. The number of amides is 1. The molecule has 104 valence electrons. The monoisotopic (exact) mass is 258 g/mol. The lowest BCUT2D eigenvalue weighted by atomic mass is 10.1. The molecule has 0 spiro atoms. The van der Waals surface area contributed by atoms with E-state index in [1.807, 2.05) is 0 Å². The highest BCUT2D eigenvalue weighted by atomic mass is 16.6. The molecule has 1 amide bonds. The molecule has 0 aliphatic carbocycles. The number of nitrogens with one attached hydrogen (secondary N) is 1. The summed E-state index contributed by atoms with van der Waals surface area (Å²) in [6, 6.07) is 0. The second kappa shape index (κ2) is 6.04. The van der Waals surface area contributed by atoms with Gasteiger partial charge in [0.15, 0.2) is 0 Å². The molecular weight excluding hydrogens is 236 g/mol. The van der Waals surface area contributed by atoms with E-state index < -0.39 is 17.7 Å². The number of nitrogens with zero attached hydrogens (tertiary/aromatic N) is 1. The van der Waals surface area contributed by atoms with E-state index in [9.17, 15) is 9.59 Å². The van der Waals surface area contributed by atoms with Gasteiger partial charge in [-0.15, -0.1) is 0 Å². The van der Waals surface area contributed by atoms with Crippen LogP contribution in [0, 0.1) is 0 Å². The molecule has 0 saturated carbocycles. The van der Waals surface area contributed by atoms with Gasteiger partial charge in [-0.05, 0) is 40.0 Å². The SMILES string of the molecule is CC(C)(C)OC(=O)N[C@H]1CCCCN1CC(=O)O. The van der Waals surface area contributed by atoms with E-state index in [0.717, 1.165) is 19.3 Å². The summed E-state index contributed by atoms with van der Waals surface area (Å²) in [7, 11) is 0. The third kappa shape index (κ3) is 5.35. The Morgan fingerprint density at radius 2 is 2.06 bits per heavy atom. The fraction of sp³-hybridized carbons (Fsp3) is 0.833. The van der Waals surface area contributed by atoms with Crippen molar-refractivity contribution in [3.8, 4) is 0 Å². The molecule has 1 atom stereocenters. The van der Waals surface area contributed by atoms with Crippen LogP contribution < -0.4 is 5.32 Å². The summed E-state index contributed by atoms with van der Waals surface area (Å²) in [6.45, 7) is 6.01. The predicted molar refractivity (Wildman–Crippen MR) is 66.2 cm³/mol. The first-order valence-electron chi connectivity index (χ1n) is 6.23. The average Bonchev–Trinajstić information content (AvgIpc) is 2.17. The molecule has 0 radical (unpaired) electrons. The minimum absolute atomic E-state index is 0.0551. The molecule has 1 rings (SSSR count). The summed E-state index contributed by atoms with van der Waals surface area (Å²) in [6.07, 6.45) is 1.96. The van der Waals surface area contributed by atoms with Gasteiger partial charge in [-0.2, -0.15) is 0 Å². The zero-order chi connectivity index (χ0) is 13.8. The van der Waals surface area contributed by atoms with Crippen LogP contribution in [0.1, 0.15) is 40.0 Å². The standard InChI is InChI=1S/C12H22N2O4/c1-12(2,3)18-11(17)13-9-6-4-5-7-14(9)8-10(15)16/h9H,4-8H2,1-3H3,(H,13,17)(H,15,16)/t9-/m1/s1. The molecule has 0 aromatic carbocycles. The predicted octanol–water partition coefficient (Wildman–Crippen LogP) is 1.41. The fourth-order valence-corrected chi connectivity index (χ4v) is 1.96. The molecule has 18 heavy (non-hydrogen) atoms. The van der Waals surface area contributed by atoms with Gasteiger partial charge in [-0.1, -0.05) is 0 Å². The lowest BCUT2D eigenvalue weighted by Gasteiger charge is -2.35. The molecule has 1 aliphatic heterocycles. The summed E-state index contributed by atoms with van der Waals surface area (Å²) < 4.78 is 5.17. The number of hydrogen-bond donors (Lipinski definition) is 2. The van der Waals surface area contributed by atoms with Crippen LogP contribution >= 0.6 is 0 Å². The first-order valence-corrected chi connectivity index (χ1v) is 6.23. The first-order chi connectivity index (χ1) is 8.28. The molecule has 2 N–H and O–H groups in total. The Hall–Kier alpha value is -1.30. The van der Waals surface area contributed by atoms with Gasteiger partial charge in [0, 0.05) is 6.54 Å². The average molecular weight is 258 g/mol. The zero-order valence-corrected chi connectivity index (χ0v) is 11.2. The van der Waals surface area contributed by atoms with Crippen molar-refractivity contribution in [2.45, 2.75) is 51.8 Å². The highest BCUT2D eigenvalue weighted by Crippen LogP contribution is 2.15. The summed E-state index contributed by atoms with van der Waals surface area (Å²) in [4.78, 5) is 24.2. The maximum absolute atomic E-state index is 11.7. The highest BCUT2D eigenvalue weighted by molar-refractivity contribution is 5.70. The zero-order valence-electron chi connectivity index (χ0n) is 11.2. The van der Waals surface area contributed by atoms with Crippen LogP contribution in [0.2, 0.25) is 0 Å². The van der Waals surface area contributed by atoms with Crippen LogP contribution in [0.3, 0.4) is 0 Å². The van der Waals surface area contributed by atoms with Crippen LogP contribution in [0.4, 0.5) is 4.79 Å². The number of alkyl carbamates (subject to hydrolysis) is 1. The Morgan fingerprint density at radius 1 is 1.39 bits per heavy atom. The van der Waals surface area contributed by atoms with Crippen molar-refractivity contribution in [1.29, 1.82) is 0 Å². The van der Waals surface area contributed by atoms with Crippen molar-refractivity contribution < 1.29 is 19.4 Å². The summed E-state index contributed by atoms with van der Waals surface area (Å²) in [5.41, 5.74) is -0.545. The van der Waals surface area contributed by atoms with Gasteiger partial charge in [-0.3, -0.25) is 9.69 Å². The number of hydrogen-bond acceptors (Lipinski definition) is 4. The quantitative estimate of drug-likeness (QED) is 0.800. The van der Waals surface area contributed by atoms with Crippen LogP contribution in [0.5, 0.6) is 0 Å². The fourth-order valence-electron chi connectivity index (χ4n) is 1.96. The third-order valence-electron chi connectivity index (χ3n) is 2.64. The van der Waals surface area contributed by atoms with Gasteiger partial charge in [0.25, 0.3) is 0 Å². The molecule has 0 aromatic heterocycles. The minimum Gasteiger partial charge on any atom is -0.480 e. The summed E-state index contributed by atoms with van der Waals surface area (Å²) >= 11 is 0. The van der Waals surface area contributed by atoms with Crippen LogP contribution in [-0.2, 0) is 9.53 Å². The molecule has 6 nitrogen and oxygen atoms in total. The van der Waals surface area contributed by atoms with E-state index in [4.69, 9.17) is 9.84 Å². The second-order valence-corrected chi connectivity index (χ2v) is 5.52. The van der Waals surface area contributed by atoms with Crippen molar-refractivity contribution >= 4 is 12.1 Å². The highest BCUT2D eigenvalue weighted by Gasteiger charge is 2.27. The van der Waals surface area contributed by atoms with Gasteiger partial charge in [0.2, 0.25) is 0 Å². The molecule has 1 saturated heterocycles. The number of piperidine rings is 1. The third-order valence-corrected chi connectivity index (χ3v) is 2.64. The smallest absolute Gasteiger partial charge is 0.408 e. The van der Waals surface area contributed by atoms with Gasteiger partial charge >= 0.3 is 12.1 Å². The summed E-state index contributed by atoms with van der Waals surface area (Å²) in [5, 5.41) is 11.6. The Bertz CT molecular complexity index is 312. The number of carboxylic acids is 1. The van der Waals surface area contributed by atoms with Gasteiger partial charge < -0.3 is 15.2 Å². The molecule has 0 bridgehead atoms. The van der Waals surface area contributed by atoms with Crippen molar-refractivity contribution in [2.75, 3.05) is 13.1 Å². The maximum Gasteiger partial charge on any atom is 0.408 e. The van der Waals surface area contributed by atoms with Gasteiger partial charge in [-0.25, -0.2) is 4.79 Å². The number of ether oxygens (including phenoxy) is 1. The van der Waals surface area contributed by atoms with Crippen molar-refractivity contribution in [3.63, 3.8) is 0 Å². The molecule has 0 aromatic rings. The number of carboxylic acid groups (broad SMARTS) is 1. The van der Waals surface area contributed by atoms with Crippen molar-refractivity contribution in [1.82, 2.24) is 10.2 Å². The number of carbonyl (C=O) groups is 2. The van der Waals surface area contributed by atoms with E-state index in [2.05, 4.69) is 5.32 Å². The Balaban J connectivity index is 2.51. The molecule has 1 heterocycles. The van der Waals surface area contributed by atoms with Crippen LogP contribution in [0.15, 0.2) is 0 Å². The van der Waals surface area contributed by atoms with Crippen molar-refractivity contribution in [2.24, 2.45) is 0 Å². The molecule has 1 aliphatic rings. The Labute approximate surface area is 107 Å².